The zero-order valence-corrected chi connectivity index (χ0v) is 28.5. The Hall–Kier alpha value is -3.85. The van der Waals surface area contributed by atoms with Gasteiger partial charge in [-0.15, -0.1) is 0 Å². The van der Waals surface area contributed by atoms with Crippen molar-refractivity contribution >= 4 is 17.7 Å². The van der Waals surface area contributed by atoms with Gasteiger partial charge in [0.25, 0.3) is 0 Å². The molecule has 7 rings (SSSR count). The fraction of sp³-hybridized carbons (Fsp3) is 0.564. The third kappa shape index (κ3) is 7.56. The molecule has 3 aliphatic carbocycles. The topological polar surface area (TPSA) is 86.1 Å². The van der Waals surface area contributed by atoms with Gasteiger partial charge in [-0.25, -0.2) is 4.79 Å². The molecular weight excluding hydrogens is 604 g/mol. The first-order valence-electron chi connectivity index (χ1n) is 18.1. The minimum atomic E-state index is -0.253. The number of benzene rings is 2. The maximum absolute atomic E-state index is 14.4. The molecule has 4 aliphatic rings. The predicted molar refractivity (Wildman–Crippen MR) is 185 cm³/mol. The van der Waals surface area contributed by atoms with Gasteiger partial charge < -0.3 is 24.0 Å². The van der Waals surface area contributed by atoms with Crippen LogP contribution in [0.25, 0.3) is 11.1 Å². The fourth-order valence-corrected chi connectivity index (χ4v) is 7.91. The van der Waals surface area contributed by atoms with Crippen LogP contribution in [0.2, 0.25) is 0 Å². The Labute approximate surface area is 284 Å². The van der Waals surface area contributed by atoms with E-state index in [-0.39, 0.29) is 24.0 Å². The van der Waals surface area contributed by atoms with Crippen LogP contribution in [0.1, 0.15) is 87.3 Å². The van der Waals surface area contributed by atoms with E-state index in [0.717, 1.165) is 67.6 Å². The summed E-state index contributed by atoms with van der Waals surface area (Å²) in [7, 11) is 1.73. The second-order valence-corrected chi connectivity index (χ2v) is 14.3. The Balaban J connectivity index is 1.04. The monoisotopic (exact) mass is 654 g/mol. The molecule has 9 nitrogen and oxygen atoms in total. The van der Waals surface area contributed by atoms with Gasteiger partial charge in [-0.05, 0) is 118 Å². The molecular formula is C39H50N4O5. The molecule has 0 radical (unpaired) electrons. The van der Waals surface area contributed by atoms with Crippen molar-refractivity contribution in [2.45, 2.75) is 89.2 Å². The van der Waals surface area contributed by atoms with E-state index in [1.807, 2.05) is 6.20 Å². The van der Waals surface area contributed by atoms with E-state index >= 15 is 0 Å². The van der Waals surface area contributed by atoms with Crippen LogP contribution in [0.15, 0.2) is 54.9 Å². The second kappa shape index (κ2) is 14.7. The van der Waals surface area contributed by atoms with Gasteiger partial charge in [-0.3, -0.25) is 9.48 Å². The highest BCUT2D eigenvalue weighted by Gasteiger charge is 2.34. The molecule has 2 amide bonds. The van der Waals surface area contributed by atoms with Gasteiger partial charge in [0.05, 0.1) is 32.6 Å². The molecule has 1 aliphatic heterocycles. The van der Waals surface area contributed by atoms with Crippen molar-refractivity contribution < 1.29 is 23.8 Å². The summed E-state index contributed by atoms with van der Waals surface area (Å²) in [6, 6.07) is 15.6. The minimum absolute atomic E-state index is 0.0803. The predicted octanol–water partition coefficient (Wildman–Crippen LogP) is 7.54. The quantitative estimate of drug-likeness (QED) is 0.237. The van der Waals surface area contributed by atoms with E-state index in [0.29, 0.717) is 57.0 Å². The molecule has 0 N–H and O–H groups in total. The maximum Gasteiger partial charge on any atom is 0.410 e. The van der Waals surface area contributed by atoms with Crippen molar-refractivity contribution in [3.05, 3.63) is 66.0 Å². The van der Waals surface area contributed by atoms with Crippen LogP contribution in [0, 0.1) is 18.8 Å². The van der Waals surface area contributed by atoms with Gasteiger partial charge in [0.15, 0.2) is 0 Å². The summed E-state index contributed by atoms with van der Waals surface area (Å²) in [6.45, 7) is 5.10. The number of morpholine rings is 1. The number of anilines is 1. The van der Waals surface area contributed by atoms with Crippen LogP contribution in [0.3, 0.4) is 0 Å². The van der Waals surface area contributed by atoms with E-state index < -0.39 is 0 Å². The van der Waals surface area contributed by atoms with Crippen LogP contribution in [0.5, 0.6) is 5.75 Å². The highest BCUT2D eigenvalue weighted by atomic mass is 16.6. The molecule has 2 heterocycles. The Kier molecular flexibility index (Phi) is 10.0. The molecule has 0 atom stereocenters. The van der Waals surface area contributed by atoms with Gasteiger partial charge in [0.1, 0.15) is 11.9 Å². The van der Waals surface area contributed by atoms with Crippen LogP contribution in [-0.2, 0) is 14.3 Å². The molecule has 1 saturated heterocycles. The van der Waals surface area contributed by atoms with Crippen LogP contribution >= 0.6 is 0 Å². The number of hydrogen-bond acceptors (Lipinski definition) is 6. The highest BCUT2D eigenvalue weighted by molar-refractivity contribution is 5.95. The fourth-order valence-electron chi connectivity index (χ4n) is 7.91. The Morgan fingerprint density at radius 3 is 2.40 bits per heavy atom. The molecule has 2 aromatic carbocycles. The number of carbonyl (C=O) groups excluding carboxylic acids is 2. The van der Waals surface area contributed by atoms with E-state index in [9.17, 15) is 9.59 Å². The zero-order valence-electron chi connectivity index (χ0n) is 28.5. The lowest BCUT2D eigenvalue weighted by Crippen LogP contribution is -2.44. The van der Waals surface area contributed by atoms with Gasteiger partial charge in [-0.2, -0.15) is 5.10 Å². The lowest BCUT2D eigenvalue weighted by molar-refractivity contribution is -0.124. The van der Waals surface area contributed by atoms with Crippen LogP contribution < -0.4 is 9.64 Å². The largest absolute Gasteiger partial charge is 0.496 e. The van der Waals surface area contributed by atoms with E-state index in [4.69, 9.17) is 14.2 Å². The standard InChI is InChI=1S/C39H50N4O5/c1-27-22-32(12-17-37(27)46-2)29-8-6-28(7-9-29)25-42(35-5-3-4-31(23-35)33-24-40-43(26-33)34-13-14-34)38(44)30-10-15-36(16-11-30)48-39(45)41-18-20-47-21-19-41/h3-5,12,17,22-24,26,28-30,34,36H,6-11,13-16,18-21,25H2,1-2H3/t28-,29-,30-,36-. The number of methoxy groups -OCH3 is 1. The number of aromatic nitrogens is 2. The van der Waals surface area contributed by atoms with Gasteiger partial charge in [-0.1, -0.05) is 24.3 Å². The van der Waals surface area contributed by atoms with Crippen molar-refractivity contribution in [1.82, 2.24) is 14.7 Å². The molecule has 1 aromatic heterocycles. The lowest BCUT2D eigenvalue weighted by atomic mass is 9.78. The van der Waals surface area contributed by atoms with Gasteiger partial charge in [0, 0.05) is 43.0 Å². The zero-order chi connectivity index (χ0) is 33.0. The maximum atomic E-state index is 14.4. The van der Waals surface area contributed by atoms with Crippen molar-refractivity contribution in [2.75, 3.05) is 44.9 Å². The number of hydrogen-bond donors (Lipinski definition) is 0. The molecule has 48 heavy (non-hydrogen) atoms. The number of ether oxygens (including phenoxy) is 3. The van der Waals surface area contributed by atoms with E-state index in [2.05, 4.69) is 70.3 Å². The second-order valence-electron chi connectivity index (χ2n) is 14.3. The summed E-state index contributed by atoms with van der Waals surface area (Å²) in [6.07, 6.45) is 13.4. The van der Waals surface area contributed by atoms with Crippen molar-refractivity contribution in [1.29, 1.82) is 0 Å². The number of aryl methyl sites for hydroxylation is 1. The number of nitrogens with zero attached hydrogens (tertiary/aromatic N) is 4. The summed E-state index contributed by atoms with van der Waals surface area (Å²) < 4.78 is 18.8. The molecule has 0 unspecified atom stereocenters. The summed E-state index contributed by atoms with van der Waals surface area (Å²) >= 11 is 0. The summed E-state index contributed by atoms with van der Waals surface area (Å²) in [5.74, 6) is 2.04. The normalized spacial score (nSPS) is 24.6. The van der Waals surface area contributed by atoms with Gasteiger partial charge in [0.2, 0.25) is 5.91 Å². The third-order valence-corrected chi connectivity index (χ3v) is 11.0. The van der Waals surface area contributed by atoms with Crippen molar-refractivity contribution in [3.63, 3.8) is 0 Å². The number of carbonyl (C=O) groups is 2. The van der Waals surface area contributed by atoms with Crippen molar-refractivity contribution in [2.24, 2.45) is 11.8 Å². The first kappa shape index (κ1) is 32.7. The molecule has 0 bridgehead atoms. The average molecular weight is 655 g/mol. The molecule has 4 fully saturated rings. The Morgan fingerprint density at radius 2 is 1.69 bits per heavy atom. The average Bonchev–Trinajstić information content (AvgIpc) is 3.87. The molecule has 256 valence electrons. The van der Waals surface area contributed by atoms with Crippen LogP contribution in [-0.4, -0.2) is 72.7 Å². The molecule has 9 heteroatoms. The summed E-state index contributed by atoms with van der Waals surface area (Å²) in [5, 5.41) is 4.62. The third-order valence-electron chi connectivity index (χ3n) is 11.0. The Morgan fingerprint density at radius 1 is 0.917 bits per heavy atom. The smallest absolute Gasteiger partial charge is 0.410 e. The molecule has 0 spiro atoms. The van der Waals surface area contributed by atoms with E-state index in [1.54, 1.807) is 12.0 Å². The summed E-state index contributed by atoms with van der Waals surface area (Å²) in [5.41, 5.74) is 5.72. The Bertz CT molecular complexity index is 1560. The number of rotatable bonds is 9. The number of amides is 2. The van der Waals surface area contributed by atoms with E-state index in [1.165, 1.54) is 24.0 Å². The van der Waals surface area contributed by atoms with Crippen molar-refractivity contribution in [3.8, 4) is 16.9 Å². The highest BCUT2D eigenvalue weighted by Crippen LogP contribution is 2.40. The SMILES string of the molecule is COc1ccc([C@H]2CC[C@H](CN(c3cccc(-c4cnn(C5CC5)c4)c3)C(=O)[C@H]3CC[C@H](OC(=O)N4CCOCC4)CC3)CC2)cc1C. The van der Waals surface area contributed by atoms with Crippen LogP contribution in [0.4, 0.5) is 10.5 Å². The first-order chi connectivity index (χ1) is 23.4. The lowest BCUT2D eigenvalue weighted by Gasteiger charge is -2.36. The van der Waals surface area contributed by atoms with Gasteiger partial charge >= 0.3 is 6.09 Å². The molecule has 3 saturated carbocycles. The minimum Gasteiger partial charge on any atom is -0.496 e. The molecule has 3 aromatic rings. The first-order valence-corrected chi connectivity index (χ1v) is 18.1. The summed E-state index contributed by atoms with van der Waals surface area (Å²) in [4.78, 5) is 31.0.